The summed E-state index contributed by atoms with van der Waals surface area (Å²) in [6.45, 7) is 3.40. The lowest BCUT2D eigenvalue weighted by Crippen LogP contribution is -2.36. The minimum absolute atomic E-state index is 0.0812. The second-order valence-electron chi connectivity index (χ2n) is 6.33. The van der Waals surface area contributed by atoms with E-state index >= 15 is 0 Å². The van der Waals surface area contributed by atoms with Crippen LogP contribution in [0, 0.1) is 11.7 Å². The van der Waals surface area contributed by atoms with Crippen molar-refractivity contribution in [2.45, 2.75) is 19.6 Å². The quantitative estimate of drug-likeness (QED) is 0.507. The van der Waals surface area contributed by atoms with Gasteiger partial charge in [-0.1, -0.05) is 11.3 Å². The van der Waals surface area contributed by atoms with Crippen LogP contribution in [0.25, 0.3) is 0 Å². The third kappa shape index (κ3) is 5.76. The molecule has 1 fully saturated rings. The number of halogens is 1. The van der Waals surface area contributed by atoms with Gasteiger partial charge >= 0.3 is 0 Å². The first-order chi connectivity index (χ1) is 13.5. The molecule has 1 saturated heterocycles. The number of hydrogen-bond donors (Lipinski definition) is 4. The second-order valence-corrected chi connectivity index (χ2v) is 7.39. The summed E-state index contributed by atoms with van der Waals surface area (Å²) in [6, 6.07) is 5.70. The van der Waals surface area contributed by atoms with E-state index in [9.17, 15) is 14.0 Å². The van der Waals surface area contributed by atoms with Crippen LogP contribution in [-0.2, 0) is 16.1 Å². The fourth-order valence-electron chi connectivity index (χ4n) is 2.54. The predicted molar refractivity (Wildman–Crippen MR) is 101 cm³/mol. The molecule has 4 N–H and O–H groups in total. The van der Waals surface area contributed by atoms with Crippen LogP contribution in [0.3, 0.4) is 0 Å². The number of nitrogens with zero attached hydrogens (tertiary/aromatic N) is 2. The standard InChI is InChI=1S/C17H21FN6O3S/c1-10-11(7-20-22-10)6-19-14(25)8-27-9-15-23-24-17(28-15)16(26)21-13-4-2-12(18)3-5-13/h2-5,10-11,20,22H,6-9H2,1H3,(H,19,25)(H,21,26). The van der Waals surface area contributed by atoms with E-state index in [1.807, 2.05) is 6.92 Å². The van der Waals surface area contributed by atoms with Gasteiger partial charge in [0.05, 0.1) is 0 Å². The van der Waals surface area contributed by atoms with E-state index in [4.69, 9.17) is 4.74 Å². The monoisotopic (exact) mass is 408 g/mol. The Balaban J connectivity index is 1.38. The summed E-state index contributed by atoms with van der Waals surface area (Å²) in [4.78, 5) is 24.0. The molecule has 1 aromatic heterocycles. The number of hydrazine groups is 1. The zero-order valence-corrected chi connectivity index (χ0v) is 16.0. The Morgan fingerprint density at radius 3 is 2.82 bits per heavy atom. The number of anilines is 1. The topological polar surface area (TPSA) is 117 Å². The number of amides is 2. The number of ether oxygens (including phenoxy) is 1. The molecule has 3 rings (SSSR count). The maximum atomic E-state index is 12.9. The highest BCUT2D eigenvalue weighted by Gasteiger charge is 2.22. The molecular formula is C17H21FN6O3S. The van der Waals surface area contributed by atoms with Crippen LogP contribution in [0.1, 0.15) is 21.7 Å². The summed E-state index contributed by atoms with van der Waals surface area (Å²) >= 11 is 1.07. The molecular weight excluding hydrogens is 387 g/mol. The van der Waals surface area contributed by atoms with Crippen LogP contribution >= 0.6 is 11.3 Å². The Bertz CT molecular complexity index is 815. The summed E-state index contributed by atoms with van der Waals surface area (Å²) in [5.74, 6) is -0.711. The molecule has 2 aromatic rings. The van der Waals surface area contributed by atoms with Crippen LogP contribution in [-0.4, -0.2) is 47.7 Å². The first-order valence-corrected chi connectivity index (χ1v) is 9.55. The van der Waals surface area contributed by atoms with E-state index in [1.165, 1.54) is 24.3 Å². The van der Waals surface area contributed by atoms with Crippen LogP contribution in [0.15, 0.2) is 24.3 Å². The highest BCUT2D eigenvalue weighted by Crippen LogP contribution is 2.14. The third-order valence-corrected chi connectivity index (χ3v) is 5.08. The van der Waals surface area contributed by atoms with E-state index in [0.29, 0.717) is 29.2 Å². The fourth-order valence-corrected chi connectivity index (χ4v) is 3.22. The average molecular weight is 408 g/mol. The van der Waals surface area contributed by atoms with Crippen LogP contribution in [0.4, 0.5) is 10.1 Å². The van der Waals surface area contributed by atoms with Crippen molar-refractivity contribution in [3.63, 3.8) is 0 Å². The molecule has 11 heteroatoms. The first-order valence-electron chi connectivity index (χ1n) is 8.73. The molecule has 0 spiro atoms. The molecule has 2 atom stereocenters. The highest BCUT2D eigenvalue weighted by atomic mass is 32.1. The molecule has 2 amide bonds. The fraction of sp³-hybridized carbons (Fsp3) is 0.412. The van der Waals surface area contributed by atoms with Gasteiger partial charge in [-0.15, -0.1) is 10.2 Å². The first kappa shape index (κ1) is 20.3. The molecule has 2 heterocycles. The van der Waals surface area contributed by atoms with E-state index in [1.54, 1.807) is 0 Å². The van der Waals surface area contributed by atoms with Gasteiger partial charge in [0.1, 0.15) is 24.0 Å². The van der Waals surface area contributed by atoms with E-state index in [2.05, 4.69) is 31.7 Å². The number of carbonyl (C=O) groups is 2. The Labute approximate surface area is 165 Å². The Morgan fingerprint density at radius 2 is 2.11 bits per heavy atom. The Hall–Kier alpha value is -2.47. The Morgan fingerprint density at radius 1 is 1.32 bits per heavy atom. The molecule has 0 aliphatic carbocycles. The molecule has 28 heavy (non-hydrogen) atoms. The molecule has 2 unspecified atom stereocenters. The molecule has 0 radical (unpaired) electrons. The van der Waals surface area contributed by atoms with E-state index in [0.717, 1.165) is 17.9 Å². The lowest BCUT2D eigenvalue weighted by atomic mass is 10.0. The van der Waals surface area contributed by atoms with Gasteiger partial charge in [0.2, 0.25) is 10.9 Å². The van der Waals surface area contributed by atoms with Crippen molar-refractivity contribution in [1.82, 2.24) is 26.4 Å². The number of rotatable bonds is 8. The van der Waals surface area contributed by atoms with E-state index in [-0.39, 0.29) is 29.9 Å². The molecule has 9 nitrogen and oxygen atoms in total. The van der Waals surface area contributed by atoms with Gasteiger partial charge in [-0.05, 0) is 31.2 Å². The van der Waals surface area contributed by atoms with Crippen molar-refractivity contribution in [3.05, 3.63) is 40.1 Å². The predicted octanol–water partition coefficient (Wildman–Crippen LogP) is 0.675. The van der Waals surface area contributed by atoms with Crippen LogP contribution in [0.2, 0.25) is 0 Å². The van der Waals surface area contributed by atoms with E-state index < -0.39 is 5.91 Å². The number of carbonyl (C=O) groups excluding carboxylic acids is 2. The molecule has 0 bridgehead atoms. The van der Waals surface area contributed by atoms with Crippen LogP contribution < -0.4 is 21.5 Å². The van der Waals surface area contributed by atoms with Gasteiger partial charge in [-0.3, -0.25) is 20.4 Å². The lowest BCUT2D eigenvalue weighted by Gasteiger charge is -2.14. The molecule has 1 aliphatic heterocycles. The second kappa shape index (κ2) is 9.64. The van der Waals surface area contributed by atoms with Crippen molar-refractivity contribution >= 4 is 28.8 Å². The highest BCUT2D eigenvalue weighted by molar-refractivity contribution is 7.13. The Kier molecular flexibility index (Phi) is 6.98. The minimum atomic E-state index is -0.444. The lowest BCUT2D eigenvalue weighted by molar-refractivity contribution is -0.126. The number of aromatic nitrogens is 2. The van der Waals surface area contributed by atoms with Crippen molar-refractivity contribution < 1.29 is 18.7 Å². The smallest absolute Gasteiger partial charge is 0.286 e. The molecule has 0 saturated carbocycles. The maximum Gasteiger partial charge on any atom is 0.286 e. The zero-order valence-electron chi connectivity index (χ0n) is 15.2. The van der Waals surface area contributed by atoms with Gasteiger partial charge in [-0.2, -0.15) is 0 Å². The van der Waals surface area contributed by atoms with Crippen molar-refractivity contribution in [2.75, 3.05) is 25.0 Å². The van der Waals surface area contributed by atoms with Crippen molar-refractivity contribution in [3.8, 4) is 0 Å². The van der Waals surface area contributed by atoms with Gasteiger partial charge < -0.3 is 15.4 Å². The maximum absolute atomic E-state index is 12.9. The summed E-state index contributed by atoms with van der Waals surface area (Å²) in [6.07, 6.45) is 0. The SMILES string of the molecule is CC1NNCC1CNC(=O)COCc1nnc(C(=O)Nc2ccc(F)cc2)s1. The summed E-state index contributed by atoms with van der Waals surface area (Å²) in [5, 5.41) is 13.8. The summed E-state index contributed by atoms with van der Waals surface area (Å²) < 4.78 is 18.2. The largest absolute Gasteiger partial charge is 0.364 e. The number of benzene rings is 1. The van der Waals surface area contributed by atoms with Crippen LogP contribution in [0.5, 0.6) is 0 Å². The average Bonchev–Trinajstić information content (AvgIpc) is 3.31. The third-order valence-electron chi connectivity index (χ3n) is 4.18. The number of nitrogens with one attached hydrogen (secondary N) is 4. The summed E-state index contributed by atoms with van der Waals surface area (Å²) in [7, 11) is 0. The molecule has 1 aromatic carbocycles. The number of hydrogen-bond acceptors (Lipinski definition) is 8. The normalized spacial score (nSPS) is 18.8. The van der Waals surface area contributed by atoms with Gasteiger partial charge in [0, 0.05) is 30.7 Å². The minimum Gasteiger partial charge on any atom is -0.364 e. The van der Waals surface area contributed by atoms with Gasteiger partial charge in [0.15, 0.2) is 0 Å². The van der Waals surface area contributed by atoms with Crippen molar-refractivity contribution in [1.29, 1.82) is 0 Å². The van der Waals surface area contributed by atoms with Crippen molar-refractivity contribution in [2.24, 2.45) is 5.92 Å². The molecule has 150 valence electrons. The summed E-state index contributed by atoms with van der Waals surface area (Å²) in [5.41, 5.74) is 6.59. The van der Waals surface area contributed by atoms with Gasteiger partial charge in [0.25, 0.3) is 5.91 Å². The molecule has 1 aliphatic rings. The zero-order chi connectivity index (χ0) is 19.9. The van der Waals surface area contributed by atoms with Gasteiger partial charge in [-0.25, -0.2) is 4.39 Å².